The molecule has 3 aromatic rings. The van der Waals surface area contributed by atoms with E-state index in [1.165, 1.54) is 27.5 Å². The fourth-order valence-corrected chi connectivity index (χ4v) is 2.84. The molecule has 1 amide bonds. The lowest BCUT2D eigenvalue weighted by Crippen LogP contribution is -2.24. The summed E-state index contributed by atoms with van der Waals surface area (Å²) in [5.74, 6) is 1.33. The lowest BCUT2D eigenvalue weighted by Gasteiger charge is -2.09. The van der Waals surface area contributed by atoms with Gasteiger partial charge >= 0.3 is 5.97 Å². The van der Waals surface area contributed by atoms with E-state index in [1.54, 1.807) is 66.7 Å². The van der Waals surface area contributed by atoms with Crippen LogP contribution >= 0.6 is 0 Å². The topological polar surface area (TPSA) is 105 Å². The molecule has 9 heteroatoms. The molecule has 0 atom stereocenters. The highest BCUT2D eigenvalue weighted by Crippen LogP contribution is 2.28. The molecule has 1 N–H and O–H groups in total. The Morgan fingerprint density at radius 3 is 2.15 bits per heavy atom. The van der Waals surface area contributed by atoms with E-state index in [9.17, 15) is 9.59 Å². The van der Waals surface area contributed by atoms with Gasteiger partial charge in [0.05, 0.1) is 33.1 Å². The van der Waals surface area contributed by atoms with Gasteiger partial charge in [-0.1, -0.05) is 12.1 Å². The van der Waals surface area contributed by atoms with E-state index in [0.29, 0.717) is 39.9 Å². The minimum absolute atomic E-state index is 0.219. The highest BCUT2D eigenvalue weighted by atomic mass is 16.5. The third-order valence-corrected chi connectivity index (χ3v) is 4.54. The van der Waals surface area contributed by atoms with Gasteiger partial charge in [-0.2, -0.15) is 5.10 Å². The van der Waals surface area contributed by atoms with E-state index in [0.717, 1.165) is 0 Å². The minimum atomic E-state index is -0.537. The van der Waals surface area contributed by atoms with Gasteiger partial charge in [-0.3, -0.25) is 4.79 Å². The standard InChI is InChI=1S/C25H24N2O7/c1-30-20-6-4-5-7-22(20)33-16-24(28)27-26-15-17-8-11-19(12-9-17)34-25(29)18-10-13-21(31-2)23(14-18)32-3/h4-15H,16H2,1-3H3,(H,27,28)/b26-15-. The fraction of sp³-hybridized carbons (Fsp3) is 0.160. The molecule has 0 heterocycles. The number of carbonyl (C=O) groups is 2. The molecule has 3 aromatic carbocycles. The number of methoxy groups -OCH3 is 3. The van der Waals surface area contributed by atoms with Crippen molar-refractivity contribution in [2.45, 2.75) is 0 Å². The molecule has 0 aromatic heterocycles. The van der Waals surface area contributed by atoms with Crippen LogP contribution in [0.15, 0.2) is 71.8 Å². The van der Waals surface area contributed by atoms with Crippen LogP contribution < -0.4 is 29.1 Å². The van der Waals surface area contributed by atoms with Crippen LogP contribution in [0, 0.1) is 0 Å². The second-order valence-electron chi connectivity index (χ2n) is 6.76. The van der Waals surface area contributed by atoms with Gasteiger partial charge in [0.25, 0.3) is 5.91 Å². The summed E-state index contributed by atoms with van der Waals surface area (Å²) in [5.41, 5.74) is 3.40. The normalized spacial score (nSPS) is 10.4. The van der Waals surface area contributed by atoms with Crippen LogP contribution in [0.3, 0.4) is 0 Å². The minimum Gasteiger partial charge on any atom is -0.493 e. The maximum atomic E-state index is 12.4. The molecule has 3 rings (SSSR count). The lowest BCUT2D eigenvalue weighted by atomic mass is 10.2. The maximum absolute atomic E-state index is 12.4. The zero-order valence-corrected chi connectivity index (χ0v) is 18.9. The highest BCUT2D eigenvalue weighted by Gasteiger charge is 2.13. The van der Waals surface area contributed by atoms with Crippen LogP contribution in [0.5, 0.6) is 28.7 Å². The Hall–Kier alpha value is -4.53. The van der Waals surface area contributed by atoms with Gasteiger partial charge in [-0.05, 0) is 60.2 Å². The third-order valence-electron chi connectivity index (χ3n) is 4.54. The lowest BCUT2D eigenvalue weighted by molar-refractivity contribution is -0.123. The molecular weight excluding hydrogens is 440 g/mol. The molecular formula is C25H24N2O7. The number of hydrazone groups is 1. The van der Waals surface area contributed by atoms with Crippen molar-refractivity contribution in [1.82, 2.24) is 5.43 Å². The number of carbonyl (C=O) groups excluding carboxylic acids is 2. The smallest absolute Gasteiger partial charge is 0.343 e. The molecule has 0 bridgehead atoms. The van der Waals surface area contributed by atoms with E-state index in [4.69, 9.17) is 23.7 Å². The second kappa shape index (κ2) is 11.9. The average molecular weight is 464 g/mol. The average Bonchev–Trinajstić information content (AvgIpc) is 2.88. The number of nitrogens with one attached hydrogen (secondary N) is 1. The number of benzene rings is 3. The summed E-state index contributed by atoms with van der Waals surface area (Å²) in [5, 5.41) is 3.90. The van der Waals surface area contributed by atoms with Crippen LogP contribution in [0.25, 0.3) is 0 Å². The third kappa shape index (κ3) is 6.49. The van der Waals surface area contributed by atoms with Crippen molar-refractivity contribution >= 4 is 18.1 Å². The predicted octanol–water partition coefficient (Wildman–Crippen LogP) is 3.46. The first-order valence-corrected chi connectivity index (χ1v) is 10.2. The fourth-order valence-electron chi connectivity index (χ4n) is 2.84. The number of hydrogen-bond acceptors (Lipinski definition) is 8. The molecule has 34 heavy (non-hydrogen) atoms. The zero-order chi connectivity index (χ0) is 24.3. The highest BCUT2D eigenvalue weighted by molar-refractivity contribution is 5.92. The molecule has 176 valence electrons. The summed E-state index contributed by atoms with van der Waals surface area (Å²) in [7, 11) is 4.53. The Morgan fingerprint density at radius 1 is 0.824 bits per heavy atom. The SMILES string of the molecule is COc1ccc(C(=O)Oc2ccc(/C=N\NC(=O)COc3ccccc3OC)cc2)cc1OC. The number of rotatable bonds is 10. The summed E-state index contributed by atoms with van der Waals surface area (Å²) in [4.78, 5) is 24.3. The van der Waals surface area contributed by atoms with Crippen LogP contribution in [0.2, 0.25) is 0 Å². The summed E-state index contributed by atoms with van der Waals surface area (Å²) in [6, 6.07) is 18.4. The Bertz CT molecular complexity index is 1160. The first-order chi connectivity index (χ1) is 16.5. The number of nitrogens with zero attached hydrogens (tertiary/aromatic N) is 1. The number of amides is 1. The van der Waals surface area contributed by atoms with Gasteiger partial charge in [0.15, 0.2) is 29.6 Å². The van der Waals surface area contributed by atoms with Crippen molar-refractivity contribution in [3.8, 4) is 28.7 Å². The van der Waals surface area contributed by atoms with Crippen molar-refractivity contribution in [2.24, 2.45) is 5.10 Å². The van der Waals surface area contributed by atoms with Crippen molar-refractivity contribution in [1.29, 1.82) is 0 Å². The molecule has 0 fully saturated rings. The molecule has 0 saturated carbocycles. The van der Waals surface area contributed by atoms with Crippen molar-refractivity contribution < 1.29 is 33.3 Å². The Balaban J connectivity index is 1.50. The quantitative estimate of drug-likeness (QED) is 0.212. The predicted molar refractivity (Wildman–Crippen MR) is 125 cm³/mol. The number of hydrogen-bond donors (Lipinski definition) is 1. The van der Waals surface area contributed by atoms with Gasteiger partial charge in [0.2, 0.25) is 0 Å². The van der Waals surface area contributed by atoms with Crippen LogP contribution in [0.1, 0.15) is 15.9 Å². The Labute approximate surface area is 196 Å². The summed E-state index contributed by atoms with van der Waals surface area (Å²) in [6.45, 7) is -0.219. The molecule has 0 saturated heterocycles. The van der Waals surface area contributed by atoms with Crippen LogP contribution in [-0.2, 0) is 4.79 Å². The Morgan fingerprint density at radius 2 is 1.47 bits per heavy atom. The largest absolute Gasteiger partial charge is 0.493 e. The monoisotopic (exact) mass is 464 g/mol. The van der Waals surface area contributed by atoms with Crippen molar-refractivity contribution in [3.63, 3.8) is 0 Å². The van der Waals surface area contributed by atoms with Gasteiger partial charge in [0, 0.05) is 0 Å². The first-order valence-electron chi connectivity index (χ1n) is 10.2. The van der Waals surface area contributed by atoms with E-state index >= 15 is 0 Å². The number of para-hydroxylation sites is 2. The maximum Gasteiger partial charge on any atom is 0.343 e. The van der Waals surface area contributed by atoms with Gasteiger partial charge in [0.1, 0.15) is 5.75 Å². The van der Waals surface area contributed by atoms with E-state index in [2.05, 4.69) is 10.5 Å². The molecule has 0 radical (unpaired) electrons. The number of esters is 1. The summed E-state index contributed by atoms with van der Waals surface area (Å²) < 4.78 is 26.4. The molecule has 0 aliphatic heterocycles. The summed E-state index contributed by atoms with van der Waals surface area (Å²) in [6.07, 6.45) is 1.46. The first kappa shape index (κ1) is 24.1. The van der Waals surface area contributed by atoms with Gasteiger partial charge in [-0.15, -0.1) is 0 Å². The molecule has 0 aliphatic rings. The Kier molecular flexibility index (Phi) is 8.45. The van der Waals surface area contributed by atoms with Crippen molar-refractivity contribution in [2.75, 3.05) is 27.9 Å². The van der Waals surface area contributed by atoms with E-state index in [1.807, 2.05) is 0 Å². The van der Waals surface area contributed by atoms with E-state index < -0.39 is 11.9 Å². The summed E-state index contributed by atoms with van der Waals surface area (Å²) >= 11 is 0. The van der Waals surface area contributed by atoms with E-state index in [-0.39, 0.29) is 6.61 Å². The second-order valence-corrected chi connectivity index (χ2v) is 6.76. The molecule has 0 aliphatic carbocycles. The zero-order valence-electron chi connectivity index (χ0n) is 18.9. The van der Waals surface area contributed by atoms with Crippen molar-refractivity contribution in [3.05, 3.63) is 77.9 Å². The molecule has 0 spiro atoms. The molecule has 0 unspecified atom stereocenters. The number of ether oxygens (including phenoxy) is 5. The molecule has 9 nitrogen and oxygen atoms in total. The van der Waals surface area contributed by atoms with Gasteiger partial charge < -0.3 is 23.7 Å². The van der Waals surface area contributed by atoms with Crippen LogP contribution in [0.4, 0.5) is 0 Å². The van der Waals surface area contributed by atoms with Crippen LogP contribution in [-0.4, -0.2) is 46.0 Å². The van der Waals surface area contributed by atoms with Gasteiger partial charge in [-0.25, -0.2) is 10.2 Å².